The van der Waals surface area contributed by atoms with Crippen molar-refractivity contribution >= 4 is 11.9 Å². The van der Waals surface area contributed by atoms with Crippen LogP contribution in [0.1, 0.15) is 0 Å². The summed E-state index contributed by atoms with van der Waals surface area (Å²) in [4.78, 5) is 21.5. The fourth-order valence-electron chi connectivity index (χ4n) is 0.460. The first-order valence-electron chi connectivity index (χ1n) is 3.54. The van der Waals surface area contributed by atoms with E-state index in [4.69, 9.17) is 0 Å². The van der Waals surface area contributed by atoms with Crippen LogP contribution >= 0.6 is 0 Å². The van der Waals surface area contributed by atoms with Gasteiger partial charge in [-0.25, -0.2) is 9.59 Å². The molecule has 0 spiro atoms. The van der Waals surface area contributed by atoms with Crippen LogP contribution in [0.3, 0.4) is 0 Å². The highest BCUT2D eigenvalue weighted by Gasteiger charge is 2.01. The average molecular weight is 178 g/mol. The Morgan fingerprint density at radius 3 is 1.62 bits per heavy atom. The molecule has 0 aliphatic carbocycles. The van der Waals surface area contributed by atoms with E-state index in [0.717, 1.165) is 12.2 Å². The van der Waals surface area contributed by atoms with Crippen LogP contribution in [-0.2, 0) is 14.3 Å². The molecule has 0 unspecified atom stereocenters. The van der Waals surface area contributed by atoms with Crippen LogP contribution in [0.5, 0.6) is 0 Å². The molecule has 0 atom stereocenters. The third-order valence-electron chi connectivity index (χ3n) is 0.938. The minimum atomic E-state index is -0.724. The quantitative estimate of drug-likeness (QED) is 0.284. The lowest BCUT2D eigenvalue weighted by atomic mass is 10.5. The smallest absolute Gasteiger partial charge is 0.338 e. The highest BCUT2D eigenvalue weighted by atomic mass is 16.6. The molecule has 0 aromatic carbocycles. The molecular formula is C10H10O3. The van der Waals surface area contributed by atoms with E-state index in [-0.39, 0.29) is 0 Å². The van der Waals surface area contributed by atoms with Gasteiger partial charge in [0.25, 0.3) is 0 Å². The molecule has 13 heavy (non-hydrogen) atoms. The van der Waals surface area contributed by atoms with E-state index in [9.17, 15) is 9.59 Å². The minimum absolute atomic E-state index is 0.724. The Labute approximate surface area is 76.7 Å². The van der Waals surface area contributed by atoms with E-state index >= 15 is 0 Å². The van der Waals surface area contributed by atoms with Gasteiger partial charge in [0.15, 0.2) is 0 Å². The number of carbonyl (C=O) groups excluding carboxylic acids is 2. The van der Waals surface area contributed by atoms with Crippen LogP contribution in [0.25, 0.3) is 0 Å². The third-order valence-corrected chi connectivity index (χ3v) is 0.938. The number of carbonyl (C=O) groups is 2. The molecule has 0 radical (unpaired) electrons. The first kappa shape index (κ1) is 11.1. The third kappa shape index (κ3) is 6.50. The van der Waals surface area contributed by atoms with Crippen molar-refractivity contribution in [1.82, 2.24) is 0 Å². The maximum atomic E-state index is 10.7. The first-order valence-corrected chi connectivity index (χ1v) is 3.54. The van der Waals surface area contributed by atoms with Gasteiger partial charge < -0.3 is 4.74 Å². The molecule has 0 bridgehead atoms. The predicted molar refractivity (Wildman–Crippen MR) is 49.8 cm³/mol. The number of ether oxygens (including phenoxy) is 1. The topological polar surface area (TPSA) is 43.4 Å². The highest BCUT2D eigenvalue weighted by molar-refractivity contribution is 5.96. The normalized spacial score (nSPS) is 10.2. The Bertz CT molecular complexity index is 244. The molecule has 0 aromatic heterocycles. The van der Waals surface area contributed by atoms with Gasteiger partial charge in [0.05, 0.1) is 0 Å². The summed E-state index contributed by atoms with van der Waals surface area (Å²) >= 11 is 0. The van der Waals surface area contributed by atoms with Crippen molar-refractivity contribution in [2.45, 2.75) is 0 Å². The molecule has 0 aliphatic heterocycles. The second-order valence-electron chi connectivity index (χ2n) is 1.93. The Balaban J connectivity index is 3.98. The summed E-state index contributed by atoms with van der Waals surface area (Å²) in [6, 6.07) is 0. The van der Waals surface area contributed by atoms with E-state index in [1.54, 1.807) is 0 Å². The fraction of sp³-hybridized carbons (Fsp3) is 0. The molecular weight excluding hydrogens is 168 g/mol. The maximum Gasteiger partial charge on any atom is 0.338 e. The van der Waals surface area contributed by atoms with Crippen molar-refractivity contribution < 1.29 is 14.3 Å². The van der Waals surface area contributed by atoms with Crippen LogP contribution < -0.4 is 0 Å². The van der Waals surface area contributed by atoms with Gasteiger partial charge in [0.2, 0.25) is 0 Å². The van der Waals surface area contributed by atoms with Crippen molar-refractivity contribution in [2.24, 2.45) is 0 Å². The standard InChI is InChI=1S/C10H10O3/c1-3-5-7-9(11)13-10(12)8-6-4-2/h3-8H,1-2H2/b7-5+,8-6+. The monoisotopic (exact) mass is 178 g/mol. The Kier molecular flexibility index (Phi) is 5.80. The second-order valence-corrected chi connectivity index (χ2v) is 1.93. The summed E-state index contributed by atoms with van der Waals surface area (Å²) in [6.07, 6.45) is 7.79. The Morgan fingerprint density at radius 1 is 0.923 bits per heavy atom. The highest BCUT2D eigenvalue weighted by Crippen LogP contribution is 1.86. The lowest BCUT2D eigenvalue weighted by Crippen LogP contribution is -2.06. The van der Waals surface area contributed by atoms with Crippen LogP contribution in [0, 0.1) is 0 Å². The molecule has 0 amide bonds. The molecule has 0 saturated heterocycles. The lowest BCUT2D eigenvalue weighted by molar-refractivity contribution is -0.152. The van der Waals surface area contributed by atoms with E-state index in [1.807, 2.05) is 0 Å². The molecule has 68 valence electrons. The van der Waals surface area contributed by atoms with Gasteiger partial charge in [-0.15, -0.1) is 0 Å². The van der Waals surface area contributed by atoms with Gasteiger partial charge in [-0.05, 0) is 0 Å². The number of rotatable bonds is 4. The number of allylic oxidation sites excluding steroid dienone is 4. The molecule has 0 N–H and O–H groups in total. The van der Waals surface area contributed by atoms with Crippen molar-refractivity contribution in [3.05, 3.63) is 49.6 Å². The molecule has 0 saturated carbocycles. The zero-order chi connectivity index (χ0) is 10.1. The lowest BCUT2D eigenvalue weighted by Gasteiger charge is -1.92. The molecule has 0 heterocycles. The zero-order valence-electron chi connectivity index (χ0n) is 7.10. The number of esters is 2. The van der Waals surface area contributed by atoms with Crippen LogP contribution in [0.4, 0.5) is 0 Å². The zero-order valence-corrected chi connectivity index (χ0v) is 7.10. The molecule has 0 aromatic rings. The SMILES string of the molecule is C=C/C=C/C(=O)OC(=O)/C=C/C=C. The van der Waals surface area contributed by atoms with E-state index in [1.165, 1.54) is 24.3 Å². The van der Waals surface area contributed by atoms with Gasteiger partial charge in [-0.1, -0.05) is 37.5 Å². The van der Waals surface area contributed by atoms with Crippen molar-refractivity contribution in [1.29, 1.82) is 0 Å². The van der Waals surface area contributed by atoms with Gasteiger partial charge in [-0.3, -0.25) is 0 Å². The average Bonchev–Trinajstić information content (AvgIpc) is 2.11. The number of hydrogen-bond acceptors (Lipinski definition) is 3. The predicted octanol–water partition coefficient (Wildman–Crippen LogP) is 1.54. The van der Waals surface area contributed by atoms with Gasteiger partial charge >= 0.3 is 11.9 Å². The van der Waals surface area contributed by atoms with Crippen molar-refractivity contribution in [3.63, 3.8) is 0 Å². The molecule has 0 aliphatic rings. The van der Waals surface area contributed by atoms with Gasteiger partial charge in [-0.2, -0.15) is 0 Å². The second kappa shape index (κ2) is 6.79. The van der Waals surface area contributed by atoms with Crippen molar-refractivity contribution in [2.75, 3.05) is 0 Å². The van der Waals surface area contributed by atoms with E-state index < -0.39 is 11.9 Å². The van der Waals surface area contributed by atoms with Crippen LogP contribution in [-0.4, -0.2) is 11.9 Å². The van der Waals surface area contributed by atoms with Crippen molar-refractivity contribution in [3.8, 4) is 0 Å². The summed E-state index contributed by atoms with van der Waals surface area (Å²) in [5.41, 5.74) is 0. The van der Waals surface area contributed by atoms with E-state index in [2.05, 4.69) is 17.9 Å². The fourth-order valence-corrected chi connectivity index (χ4v) is 0.460. The Hall–Kier alpha value is -1.90. The number of hydrogen-bond donors (Lipinski definition) is 0. The maximum absolute atomic E-state index is 10.7. The largest absolute Gasteiger partial charge is 0.387 e. The molecule has 0 rings (SSSR count). The molecule has 0 fully saturated rings. The summed E-state index contributed by atoms with van der Waals surface area (Å²) in [5, 5.41) is 0. The first-order chi connectivity index (χ1) is 6.20. The van der Waals surface area contributed by atoms with Crippen LogP contribution in [0.2, 0.25) is 0 Å². The minimum Gasteiger partial charge on any atom is -0.387 e. The molecule has 3 nitrogen and oxygen atoms in total. The van der Waals surface area contributed by atoms with Gasteiger partial charge in [0, 0.05) is 12.2 Å². The summed E-state index contributed by atoms with van der Waals surface area (Å²) in [6.45, 7) is 6.71. The van der Waals surface area contributed by atoms with Gasteiger partial charge in [0.1, 0.15) is 0 Å². The summed E-state index contributed by atoms with van der Waals surface area (Å²) < 4.78 is 4.31. The summed E-state index contributed by atoms with van der Waals surface area (Å²) in [7, 11) is 0. The molecule has 3 heteroatoms. The Morgan fingerprint density at radius 2 is 1.31 bits per heavy atom. The van der Waals surface area contributed by atoms with Crippen LogP contribution in [0.15, 0.2) is 49.6 Å². The van der Waals surface area contributed by atoms with E-state index in [0.29, 0.717) is 0 Å². The summed E-state index contributed by atoms with van der Waals surface area (Å²) in [5.74, 6) is -1.45.